The molecule has 0 aliphatic carbocycles. The number of benzene rings is 2. The number of anilines is 1. The van der Waals surface area contributed by atoms with E-state index in [4.69, 9.17) is 16.3 Å². The molecule has 2 aromatic rings. The smallest absolute Gasteiger partial charge is 0.262 e. The third-order valence-corrected chi connectivity index (χ3v) is 3.46. The molecule has 0 spiro atoms. The summed E-state index contributed by atoms with van der Waals surface area (Å²) >= 11 is 9.34. The maximum atomic E-state index is 11.8. The highest BCUT2D eigenvalue weighted by molar-refractivity contribution is 9.10. The highest BCUT2D eigenvalue weighted by atomic mass is 79.9. The monoisotopic (exact) mass is 353 g/mol. The number of hydrogen-bond acceptors (Lipinski definition) is 2. The minimum absolute atomic E-state index is 0.0583. The zero-order chi connectivity index (χ0) is 14.5. The minimum atomic E-state index is -0.252. The van der Waals surface area contributed by atoms with Crippen molar-refractivity contribution in [2.24, 2.45) is 0 Å². The van der Waals surface area contributed by atoms with Crippen molar-refractivity contribution in [1.29, 1.82) is 0 Å². The lowest BCUT2D eigenvalue weighted by molar-refractivity contribution is -0.118. The zero-order valence-corrected chi connectivity index (χ0v) is 13.2. The Kier molecular flexibility index (Phi) is 5.04. The van der Waals surface area contributed by atoms with Gasteiger partial charge in [0.15, 0.2) is 6.61 Å². The predicted octanol–water partition coefficient (Wildman–Crippen LogP) is 4.43. The summed E-state index contributed by atoms with van der Waals surface area (Å²) in [6.07, 6.45) is 0. The van der Waals surface area contributed by atoms with Gasteiger partial charge in [-0.1, -0.05) is 45.7 Å². The number of halogens is 2. The summed E-state index contributed by atoms with van der Waals surface area (Å²) < 4.78 is 6.33. The van der Waals surface area contributed by atoms with E-state index in [1.54, 1.807) is 12.1 Å². The van der Waals surface area contributed by atoms with Crippen LogP contribution in [0.1, 0.15) is 5.56 Å². The number of nitrogens with one attached hydrogen (secondary N) is 1. The second-order valence-corrected chi connectivity index (χ2v) is 5.55. The summed E-state index contributed by atoms with van der Waals surface area (Å²) in [5, 5.41) is 3.19. The Bertz CT molecular complexity index is 631. The molecule has 20 heavy (non-hydrogen) atoms. The molecule has 0 unspecified atom stereocenters. The lowest BCUT2D eigenvalue weighted by Gasteiger charge is -2.10. The van der Waals surface area contributed by atoms with Gasteiger partial charge in [0.25, 0.3) is 5.91 Å². The molecule has 5 heteroatoms. The largest absolute Gasteiger partial charge is 0.483 e. The Labute approximate surface area is 131 Å². The predicted molar refractivity (Wildman–Crippen MR) is 84.5 cm³/mol. The molecule has 2 rings (SSSR count). The summed E-state index contributed by atoms with van der Waals surface area (Å²) in [6.45, 7) is 1.87. The summed E-state index contributed by atoms with van der Waals surface area (Å²) in [4.78, 5) is 11.8. The minimum Gasteiger partial charge on any atom is -0.483 e. The van der Waals surface area contributed by atoms with Gasteiger partial charge < -0.3 is 10.1 Å². The number of para-hydroxylation sites is 1. The van der Waals surface area contributed by atoms with Crippen molar-refractivity contribution < 1.29 is 9.53 Å². The van der Waals surface area contributed by atoms with E-state index >= 15 is 0 Å². The summed E-state index contributed by atoms with van der Waals surface area (Å²) in [6, 6.07) is 12.8. The molecular formula is C15H13BrClNO2. The van der Waals surface area contributed by atoms with Crippen LogP contribution in [-0.2, 0) is 4.79 Å². The van der Waals surface area contributed by atoms with Crippen molar-refractivity contribution in [3.05, 3.63) is 57.5 Å². The van der Waals surface area contributed by atoms with Crippen LogP contribution >= 0.6 is 27.5 Å². The van der Waals surface area contributed by atoms with Gasteiger partial charge in [-0.25, -0.2) is 0 Å². The number of carbonyl (C=O) groups is 1. The van der Waals surface area contributed by atoms with Crippen LogP contribution in [0.2, 0.25) is 5.02 Å². The lowest BCUT2D eigenvalue weighted by Crippen LogP contribution is -2.20. The molecule has 0 aliphatic heterocycles. The Morgan fingerprint density at radius 2 is 2.05 bits per heavy atom. The van der Waals surface area contributed by atoms with E-state index in [1.165, 1.54) is 0 Å². The summed E-state index contributed by atoms with van der Waals surface area (Å²) in [7, 11) is 0. The Balaban J connectivity index is 1.94. The van der Waals surface area contributed by atoms with E-state index in [0.29, 0.717) is 16.5 Å². The molecule has 1 N–H and O–H groups in total. The number of aryl methyl sites for hydroxylation is 1. The third-order valence-electron chi connectivity index (χ3n) is 2.66. The molecule has 0 saturated carbocycles. The average molecular weight is 355 g/mol. The maximum absolute atomic E-state index is 11.8. The molecule has 0 heterocycles. The Morgan fingerprint density at radius 3 is 2.75 bits per heavy atom. The second-order valence-electron chi connectivity index (χ2n) is 4.23. The Hall–Kier alpha value is -1.52. The zero-order valence-electron chi connectivity index (χ0n) is 10.8. The first-order valence-corrected chi connectivity index (χ1v) is 7.16. The molecule has 0 radical (unpaired) electrons. The molecule has 2 aromatic carbocycles. The van der Waals surface area contributed by atoms with Crippen LogP contribution in [0.5, 0.6) is 5.75 Å². The van der Waals surface area contributed by atoms with E-state index in [-0.39, 0.29) is 12.5 Å². The van der Waals surface area contributed by atoms with Gasteiger partial charge in [-0.2, -0.15) is 0 Å². The van der Waals surface area contributed by atoms with Gasteiger partial charge in [-0.3, -0.25) is 4.79 Å². The molecular weight excluding hydrogens is 342 g/mol. The van der Waals surface area contributed by atoms with Crippen molar-refractivity contribution in [2.75, 3.05) is 11.9 Å². The van der Waals surface area contributed by atoms with Crippen LogP contribution in [0.4, 0.5) is 5.69 Å². The Morgan fingerprint density at radius 1 is 1.30 bits per heavy atom. The van der Waals surface area contributed by atoms with Gasteiger partial charge in [0, 0.05) is 4.47 Å². The molecule has 104 valence electrons. The van der Waals surface area contributed by atoms with Crippen LogP contribution in [0.25, 0.3) is 0 Å². The molecule has 0 atom stereocenters. The number of hydrogen-bond donors (Lipinski definition) is 1. The van der Waals surface area contributed by atoms with Gasteiger partial charge in [0.2, 0.25) is 0 Å². The van der Waals surface area contributed by atoms with E-state index in [1.807, 2.05) is 37.3 Å². The van der Waals surface area contributed by atoms with E-state index < -0.39 is 0 Å². The molecule has 0 bridgehead atoms. The highest BCUT2D eigenvalue weighted by Gasteiger charge is 2.08. The lowest BCUT2D eigenvalue weighted by atomic mass is 10.2. The third kappa shape index (κ3) is 3.99. The maximum Gasteiger partial charge on any atom is 0.262 e. The van der Waals surface area contributed by atoms with Crippen molar-refractivity contribution in [3.8, 4) is 5.75 Å². The molecule has 0 saturated heterocycles. The SMILES string of the molecule is Cc1ccccc1OCC(=O)Nc1ccc(Br)cc1Cl. The normalized spacial score (nSPS) is 10.2. The van der Waals surface area contributed by atoms with Crippen LogP contribution < -0.4 is 10.1 Å². The van der Waals surface area contributed by atoms with Crippen LogP contribution in [0, 0.1) is 6.92 Å². The van der Waals surface area contributed by atoms with Gasteiger partial charge in [0.05, 0.1) is 10.7 Å². The average Bonchev–Trinajstić information content (AvgIpc) is 2.41. The molecule has 3 nitrogen and oxygen atoms in total. The van der Waals surface area contributed by atoms with Gasteiger partial charge in [0.1, 0.15) is 5.75 Å². The molecule has 0 aliphatic rings. The van der Waals surface area contributed by atoms with Gasteiger partial charge in [-0.05, 0) is 36.8 Å². The molecule has 0 fully saturated rings. The van der Waals surface area contributed by atoms with E-state index in [9.17, 15) is 4.79 Å². The van der Waals surface area contributed by atoms with Crippen molar-refractivity contribution >= 4 is 39.1 Å². The fraction of sp³-hybridized carbons (Fsp3) is 0.133. The summed E-state index contributed by atoms with van der Waals surface area (Å²) in [5.41, 5.74) is 1.55. The van der Waals surface area contributed by atoms with Crippen LogP contribution in [-0.4, -0.2) is 12.5 Å². The van der Waals surface area contributed by atoms with E-state index in [0.717, 1.165) is 10.0 Å². The van der Waals surface area contributed by atoms with Crippen LogP contribution in [0.3, 0.4) is 0 Å². The van der Waals surface area contributed by atoms with Crippen LogP contribution in [0.15, 0.2) is 46.9 Å². The quantitative estimate of drug-likeness (QED) is 0.882. The summed E-state index contributed by atoms with van der Waals surface area (Å²) in [5.74, 6) is 0.446. The van der Waals surface area contributed by atoms with E-state index in [2.05, 4.69) is 21.2 Å². The molecule has 0 aromatic heterocycles. The van der Waals surface area contributed by atoms with Crippen molar-refractivity contribution in [2.45, 2.75) is 6.92 Å². The first-order valence-electron chi connectivity index (χ1n) is 5.99. The molecule has 1 amide bonds. The number of ether oxygens (including phenoxy) is 1. The highest BCUT2D eigenvalue weighted by Crippen LogP contribution is 2.25. The number of carbonyl (C=O) groups excluding carboxylic acids is 1. The fourth-order valence-electron chi connectivity index (χ4n) is 1.64. The second kappa shape index (κ2) is 6.77. The van der Waals surface area contributed by atoms with Crippen molar-refractivity contribution in [1.82, 2.24) is 0 Å². The topological polar surface area (TPSA) is 38.3 Å². The standard InChI is InChI=1S/C15H13BrClNO2/c1-10-4-2-3-5-14(10)20-9-15(19)18-13-7-6-11(16)8-12(13)17/h2-8H,9H2,1H3,(H,18,19). The first-order chi connectivity index (χ1) is 9.56. The van der Waals surface area contributed by atoms with Gasteiger partial charge >= 0.3 is 0 Å². The van der Waals surface area contributed by atoms with Crippen molar-refractivity contribution in [3.63, 3.8) is 0 Å². The number of rotatable bonds is 4. The first kappa shape index (κ1) is 14.9. The van der Waals surface area contributed by atoms with Gasteiger partial charge in [-0.15, -0.1) is 0 Å². The fourth-order valence-corrected chi connectivity index (χ4v) is 2.36. The number of amides is 1.